The minimum atomic E-state index is -0.568. The van der Waals surface area contributed by atoms with Gasteiger partial charge in [0.25, 0.3) is 5.91 Å². The van der Waals surface area contributed by atoms with Crippen molar-refractivity contribution in [2.45, 2.75) is 19.4 Å². The zero-order valence-corrected chi connectivity index (χ0v) is 10.7. The zero-order valence-electron chi connectivity index (χ0n) is 10.7. The van der Waals surface area contributed by atoms with Crippen LogP contribution in [0.15, 0.2) is 48.5 Å². The van der Waals surface area contributed by atoms with E-state index in [0.717, 1.165) is 23.4 Å². The van der Waals surface area contributed by atoms with Crippen LogP contribution >= 0.6 is 0 Å². The summed E-state index contributed by atoms with van der Waals surface area (Å²) in [6, 6.07) is 15.4. The van der Waals surface area contributed by atoms with Gasteiger partial charge in [-0.1, -0.05) is 43.3 Å². The first-order valence-electron chi connectivity index (χ1n) is 6.43. The molecular weight excluding hydrogens is 238 g/mol. The number of hydrogen-bond donors (Lipinski definition) is 1. The molecule has 0 aliphatic carbocycles. The number of benzene rings is 2. The van der Waals surface area contributed by atoms with Crippen molar-refractivity contribution >= 4 is 11.6 Å². The molecule has 1 amide bonds. The molecule has 1 N–H and O–H groups in total. The number of hydrogen-bond acceptors (Lipinski definition) is 2. The summed E-state index contributed by atoms with van der Waals surface area (Å²) in [6.07, 6.45) is 0.367. The molecule has 96 valence electrons. The van der Waals surface area contributed by atoms with Crippen molar-refractivity contribution in [2.75, 3.05) is 5.32 Å². The van der Waals surface area contributed by atoms with Crippen LogP contribution in [-0.2, 0) is 11.2 Å². The van der Waals surface area contributed by atoms with Gasteiger partial charge < -0.3 is 10.1 Å². The highest BCUT2D eigenvalue weighted by atomic mass is 16.5. The number of aryl methyl sites for hydroxylation is 1. The Kier molecular flexibility index (Phi) is 2.95. The predicted octanol–water partition coefficient (Wildman–Crippen LogP) is 3.32. The van der Waals surface area contributed by atoms with E-state index in [2.05, 4.69) is 12.2 Å². The van der Waals surface area contributed by atoms with E-state index in [1.807, 2.05) is 48.5 Å². The van der Waals surface area contributed by atoms with E-state index < -0.39 is 6.10 Å². The normalized spacial score (nSPS) is 17.3. The van der Waals surface area contributed by atoms with E-state index in [-0.39, 0.29) is 5.91 Å². The smallest absolute Gasteiger partial charge is 0.270 e. The van der Waals surface area contributed by atoms with Gasteiger partial charge in [-0.15, -0.1) is 0 Å². The van der Waals surface area contributed by atoms with E-state index in [1.54, 1.807) is 0 Å². The van der Waals surface area contributed by atoms with Crippen LogP contribution in [0.25, 0.3) is 0 Å². The maximum absolute atomic E-state index is 12.1. The average molecular weight is 253 g/mol. The summed E-state index contributed by atoms with van der Waals surface area (Å²) in [6.45, 7) is 2.08. The Morgan fingerprint density at radius 2 is 1.95 bits per heavy atom. The van der Waals surface area contributed by atoms with E-state index in [0.29, 0.717) is 0 Å². The van der Waals surface area contributed by atoms with Gasteiger partial charge in [-0.05, 0) is 24.1 Å². The fourth-order valence-electron chi connectivity index (χ4n) is 2.22. The largest absolute Gasteiger partial charge is 0.474 e. The number of ether oxygens (including phenoxy) is 1. The summed E-state index contributed by atoms with van der Waals surface area (Å²) in [5.41, 5.74) is 2.81. The maximum Gasteiger partial charge on any atom is 0.270 e. The minimum Gasteiger partial charge on any atom is -0.474 e. The number of fused-ring (bicyclic) bond motifs is 1. The molecule has 1 heterocycles. The van der Waals surface area contributed by atoms with Crippen LogP contribution < -0.4 is 10.1 Å². The van der Waals surface area contributed by atoms with Crippen molar-refractivity contribution in [3.8, 4) is 5.75 Å². The minimum absolute atomic E-state index is 0.119. The van der Waals surface area contributed by atoms with Crippen molar-refractivity contribution in [2.24, 2.45) is 0 Å². The Hall–Kier alpha value is -2.29. The standard InChI is InChI=1S/C16H15NO2/c1-2-11-8-9-14-13(10-11)17-16(18)15(19-14)12-6-4-3-5-7-12/h3-10,15H,2H2,1H3,(H,17,18). The molecule has 0 bridgehead atoms. The first kappa shape index (κ1) is 11.8. The van der Waals surface area contributed by atoms with Gasteiger partial charge in [-0.25, -0.2) is 0 Å². The van der Waals surface area contributed by atoms with E-state index in [4.69, 9.17) is 4.74 Å². The zero-order chi connectivity index (χ0) is 13.2. The molecule has 1 unspecified atom stereocenters. The molecule has 1 atom stereocenters. The van der Waals surface area contributed by atoms with Gasteiger partial charge in [0.15, 0.2) is 0 Å². The summed E-state index contributed by atoms with van der Waals surface area (Å²) < 4.78 is 5.82. The maximum atomic E-state index is 12.1. The number of amides is 1. The topological polar surface area (TPSA) is 38.3 Å². The quantitative estimate of drug-likeness (QED) is 0.891. The third-order valence-electron chi connectivity index (χ3n) is 3.30. The summed E-state index contributed by atoms with van der Waals surface area (Å²) in [5, 5.41) is 2.92. The Balaban J connectivity index is 1.94. The van der Waals surface area contributed by atoms with Gasteiger partial charge in [0.1, 0.15) is 5.75 Å². The number of nitrogens with one attached hydrogen (secondary N) is 1. The number of carbonyl (C=O) groups excluding carboxylic acids is 1. The lowest BCUT2D eigenvalue weighted by molar-refractivity contribution is -0.123. The first-order valence-corrected chi connectivity index (χ1v) is 6.43. The van der Waals surface area contributed by atoms with Gasteiger partial charge in [-0.3, -0.25) is 4.79 Å². The second-order valence-corrected chi connectivity index (χ2v) is 4.58. The van der Waals surface area contributed by atoms with Crippen LogP contribution in [0, 0.1) is 0 Å². The molecule has 0 fully saturated rings. The van der Waals surface area contributed by atoms with Crippen molar-refractivity contribution < 1.29 is 9.53 Å². The molecule has 2 aromatic carbocycles. The lowest BCUT2D eigenvalue weighted by atomic mass is 10.1. The highest BCUT2D eigenvalue weighted by Gasteiger charge is 2.28. The van der Waals surface area contributed by atoms with Crippen molar-refractivity contribution in [1.82, 2.24) is 0 Å². The van der Waals surface area contributed by atoms with Gasteiger partial charge >= 0.3 is 0 Å². The molecule has 0 spiro atoms. The fraction of sp³-hybridized carbons (Fsp3) is 0.188. The van der Waals surface area contributed by atoms with Crippen LogP contribution in [0.5, 0.6) is 5.75 Å². The van der Waals surface area contributed by atoms with E-state index in [9.17, 15) is 4.79 Å². The van der Waals surface area contributed by atoms with Crippen LogP contribution in [0.4, 0.5) is 5.69 Å². The van der Waals surface area contributed by atoms with Crippen LogP contribution in [0.3, 0.4) is 0 Å². The van der Waals surface area contributed by atoms with Crippen LogP contribution in [0.2, 0.25) is 0 Å². The van der Waals surface area contributed by atoms with Gasteiger partial charge in [0.2, 0.25) is 6.10 Å². The SMILES string of the molecule is CCc1ccc2c(c1)NC(=O)C(c1ccccc1)O2. The average Bonchev–Trinajstić information content (AvgIpc) is 2.47. The number of carbonyl (C=O) groups is 1. The van der Waals surface area contributed by atoms with Gasteiger partial charge in [-0.2, -0.15) is 0 Å². The number of rotatable bonds is 2. The first-order chi connectivity index (χ1) is 9.28. The molecular formula is C16H15NO2. The van der Waals surface area contributed by atoms with Gasteiger partial charge in [0.05, 0.1) is 5.69 Å². The number of anilines is 1. The van der Waals surface area contributed by atoms with E-state index in [1.165, 1.54) is 5.56 Å². The highest BCUT2D eigenvalue weighted by molar-refractivity contribution is 5.98. The molecule has 3 rings (SSSR count). The molecule has 1 aliphatic heterocycles. The third-order valence-corrected chi connectivity index (χ3v) is 3.30. The Morgan fingerprint density at radius 1 is 1.16 bits per heavy atom. The Bertz CT molecular complexity index is 607. The summed E-state index contributed by atoms with van der Waals surface area (Å²) in [7, 11) is 0. The second kappa shape index (κ2) is 4.76. The molecule has 0 saturated heterocycles. The van der Waals surface area contributed by atoms with Crippen molar-refractivity contribution in [1.29, 1.82) is 0 Å². The monoisotopic (exact) mass is 253 g/mol. The second-order valence-electron chi connectivity index (χ2n) is 4.58. The van der Waals surface area contributed by atoms with Crippen LogP contribution in [0.1, 0.15) is 24.2 Å². The molecule has 1 aliphatic rings. The molecule has 0 radical (unpaired) electrons. The lowest BCUT2D eigenvalue weighted by Gasteiger charge is -2.26. The molecule has 0 saturated carbocycles. The van der Waals surface area contributed by atoms with Gasteiger partial charge in [0, 0.05) is 5.56 Å². The predicted molar refractivity (Wildman–Crippen MR) is 74.3 cm³/mol. The van der Waals surface area contributed by atoms with Crippen molar-refractivity contribution in [3.05, 3.63) is 59.7 Å². The molecule has 0 aromatic heterocycles. The summed E-state index contributed by atoms with van der Waals surface area (Å²) in [4.78, 5) is 12.1. The summed E-state index contributed by atoms with van der Waals surface area (Å²) in [5.74, 6) is 0.609. The lowest BCUT2D eigenvalue weighted by Crippen LogP contribution is -2.30. The third kappa shape index (κ3) is 2.19. The molecule has 2 aromatic rings. The van der Waals surface area contributed by atoms with Crippen molar-refractivity contribution in [3.63, 3.8) is 0 Å². The molecule has 19 heavy (non-hydrogen) atoms. The fourth-order valence-corrected chi connectivity index (χ4v) is 2.22. The molecule has 3 nitrogen and oxygen atoms in total. The highest BCUT2D eigenvalue weighted by Crippen LogP contribution is 2.35. The summed E-state index contributed by atoms with van der Waals surface area (Å²) >= 11 is 0. The van der Waals surface area contributed by atoms with Crippen LogP contribution in [-0.4, -0.2) is 5.91 Å². The van der Waals surface area contributed by atoms with E-state index >= 15 is 0 Å². The molecule has 3 heteroatoms. The Labute approximate surface area is 112 Å². The Morgan fingerprint density at radius 3 is 2.68 bits per heavy atom.